The van der Waals surface area contributed by atoms with Crippen molar-refractivity contribution in [3.63, 3.8) is 0 Å². The van der Waals surface area contributed by atoms with Gasteiger partial charge in [0.2, 0.25) is 0 Å². The number of rotatable bonds is 4. The highest BCUT2D eigenvalue weighted by Gasteiger charge is 2.29. The molecule has 2 heterocycles. The maximum Gasteiger partial charge on any atom is 0.271 e. The summed E-state index contributed by atoms with van der Waals surface area (Å²) in [7, 11) is 0. The van der Waals surface area contributed by atoms with Crippen LogP contribution in [0.2, 0.25) is 0 Å². The Bertz CT molecular complexity index is 518. The van der Waals surface area contributed by atoms with Crippen molar-refractivity contribution in [2.24, 2.45) is 0 Å². The average Bonchev–Trinajstić information content (AvgIpc) is 3.19. The van der Waals surface area contributed by atoms with Gasteiger partial charge in [0.05, 0.1) is 4.47 Å². The van der Waals surface area contributed by atoms with Crippen LogP contribution in [0.4, 0.5) is 0 Å². The Kier molecular flexibility index (Phi) is 4.03. The van der Waals surface area contributed by atoms with E-state index in [0.29, 0.717) is 16.1 Å². The molecule has 0 aromatic carbocycles. The van der Waals surface area contributed by atoms with Gasteiger partial charge in [-0.05, 0) is 41.7 Å². The van der Waals surface area contributed by atoms with Crippen LogP contribution in [0.3, 0.4) is 0 Å². The molecule has 1 aliphatic carbocycles. The number of nitrogens with zero attached hydrogens (tertiary/aromatic N) is 3. The van der Waals surface area contributed by atoms with Crippen LogP contribution in [-0.2, 0) is 0 Å². The molecule has 1 amide bonds. The number of hydrogen-bond donors (Lipinski definition) is 1. The highest BCUT2D eigenvalue weighted by atomic mass is 79.9. The Balaban J connectivity index is 1.69. The van der Waals surface area contributed by atoms with Crippen LogP contribution in [0.1, 0.15) is 48.4 Å². The third-order valence-corrected chi connectivity index (χ3v) is 4.56. The highest BCUT2D eigenvalue weighted by molar-refractivity contribution is 9.10. The van der Waals surface area contributed by atoms with Gasteiger partial charge in [-0.3, -0.25) is 4.79 Å². The topological polar surface area (TPSA) is 58.1 Å². The summed E-state index contributed by atoms with van der Waals surface area (Å²) in [6.07, 6.45) is 4.98. The van der Waals surface area contributed by atoms with E-state index in [1.165, 1.54) is 0 Å². The van der Waals surface area contributed by atoms with E-state index < -0.39 is 0 Å². The zero-order valence-corrected chi connectivity index (χ0v) is 13.2. The Labute approximate surface area is 127 Å². The van der Waals surface area contributed by atoms with Crippen LogP contribution < -0.4 is 5.32 Å². The lowest BCUT2D eigenvalue weighted by Gasteiger charge is -2.15. The summed E-state index contributed by atoms with van der Waals surface area (Å²) >= 11 is 3.38. The predicted molar refractivity (Wildman–Crippen MR) is 79.7 cm³/mol. The number of aromatic nitrogens is 2. The Morgan fingerprint density at radius 1 is 1.50 bits per heavy atom. The summed E-state index contributed by atoms with van der Waals surface area (Å²) in [4.78, 5) is 23.4. The summed E-state index contributed by atoms with van der Waals surface area (Å²) < 4.78 is 0.671. The molecular formula is C14H19BrN4O. The first-order valence-electron chi connectivity index (χ1n) is 7.23. The predicted octanol–water partition coefficient (Wildman–Crippen LogP) is 1.94. The minimum Gasteiger partial charge on any atom is -0.347 e. The van der Waals surface area contributed by atoms with Crippen molar-refractivity contribution in [3.05, 3.63) is 22.2 Å². The van der Waals surface area contributed by atoms with E-state index in [9.17, 15) is 4.79 Å². The van der Waals surface area contributed by atoms with Crippen molar-refractivity contribution in [3.8, 4) is 0 Å². The fourth-order valence-corrected chi connectivity index (χ4v) is 2.94. The van der Waals surface area contributed by atoms with E-state index in [0.717, 1.165) is 44.7 Å². The van der Waals surface area contributed by atoms with Crippen LogP contribution in [0.15, 0.2) is 10.7 Å². The number of hydrogen-bond acceptors (Lipinski definition) is 4. The van der Waals surface area contributed by atoms with E-state index in [1.807, 2.05) is 0 Å². The molecular weight excluding hydrogens is 320 g/mol. The van der Waals surface area contributed by atoms with Crippen LogP contribution in [0.25, 0.3) is 0 Å². The molecule has 1 aromatic heterocycles. The zero-order valence-electron chi connectivity index (χ0n) is 11.6. The van der Waals surface area contributed by atoms with E-state index in [-0.39, 0.29) is 11.9 Å². The number of amides is 1. The largest absolute Gasteiger partial charge is 0.347 e. The lowest BCUT2D eigenvalue weighted by Crippen LogP contribution is -2.37. The molecule has 1 N–H and O–H groups in total. The first-order chi connectivity index (χ1) is 9.67. The summed E-state index contributed by atoms with van der Waals surface area (Å²) in [5.74, 6) is 1.17. The molecule has 1 unspecified atom stereocenters. The maximum atomic E-state index is 12.4. The van der Waals surface area contributed by atoms with Gasteiger partial charge in [0, 0.05) is 31.2 Å². The first-order valence-corrected chi connectivity index (χ1v) is 8.02. The maximum absolute atomic E-state index is 12.4. The van der Waals surface area contributed by atoms with Crippen LogP contribution in [0, 0.1) is 0 Å². The van der Waals surface area contributed by atoms with E-state index in [2.05, 4.69) is 43.0 Å². The van der Waals surface area contributed by atoms with E-state index in [1.54, 1.807) is 6.20 Å². The molecule has 0 bridgehead atoms. The van der Waals surface area contributed by atoms with Gasteiger partial charge in [-0.15, -0.1) is 0 Å². The number of halogens is 1. The SMILES string of the molecule is CCN1CCC(NC(=O)c2nc(C3CC3)ncc2Br)C1. The monoisotopic (exact) mass is 338 g/mol. The highest BCUT2D eigenvalue weighted by Crippen LogP contribution is 2.38. The molecule has 5 nitrogen and oxygen atoms in total. The molecule has 2 fully saturated rings. The molecule has 6 heteroatoms. The molecule has 3 rings (SSSR count). The summed E-state index contributed by atoms with van der Waals surface area (Å²) in [6, 6.07) is 0.230. The Morgan fingerprint density at radius 2 is 2.30 bits per heavy atom. The normalized spacial score (nSPS) is 23.0. The summed E-state index contributed by atoms with van der Waals surface area (Å²) in [5.41, 5.74) is 0.469. The summed E-state index contributed by atoms with van der Waals surface area (Å²) in [6.45, 7) is 5.17. The minimum absolute atomic E-state index is 0.0934. The number of likely N-dealkylation sites (N-methyl/N-ethyl adjacent to an activating group) is 1. The molecule has 1 aromatic rings. The van der Waals surface area contributed by atoms with Crippen molar-refractivity contribution in [1.29, 1.82) is 0 Å². The number of carbonyl (C=O) groups is 1. The molecule has 0 spiro atoms. The smallest absolute Gasteiger partial charge is 0.271 e. The lowest BCUT2D eigenvalue weighted by atomic mass is 10.2. The Morgan fingerprint density at radius 3 is 2.95 bits per heavy atom. The summed E-state index contributed by atoms with van der Waals surface area (Å²) in [5, 5.41) is 3.09. The van der Waals surface area contributed by atoms with Crippen molar-refractivity contribution >= 4 is 21.8 Å². The van der Waals surface area contributed by atoms with Gasteiger partial charge in [0.15, 0.2) is 0 Å². The second-order valence-corrected chi connectivity index (χ2v) is 6.41. The van der Waals surface area contributed by atoms with Crippen LogP contribution >= 0.6 is 15.9 Å². The lowest BCUT2D eigenvalue weighted by molar-refractivity contribution is 0.0931. The van der Waals surface area contributed by atoms with Crippen molar-refractivity contribution in [1.82, 2.24) is 20.2 Å². The molecule has 20 heavy (non-hydrogen) atoms. The molecule has 2 aliphatic rings. The second-order valence-electron chi connectivity index (χ2n) is 5.55. The van der Waals surface area contributed by atoms with Crippen molar-refractivity contribution in [2.75, 3.05) is 19.6 Å². The fraction of sp³-hybridized carbons (Fsp3) is 0.643. The second kappa shape index (κ2) is 5.77. The number of carbonyl (C=O) groups excluding carboxylic acids is 1. The molecule has 0 radical (unpaired) electrons. The van der Waals surface area contributed by atoms with E-state index >= 15 is 0 Å². The van der Waals surface area contributed by atoms with Crippen molar-refractivity contribution < 1.29 is 4.79 Å². The van der Waals surface area contributed by atoms with Gasteiger partial charge < -0.3 is 10.2 Å². The minimum atomic E-state index is -0.0934. The molecule has 1 saturated carbocycles. The van der Waals surface area contributed by atoms with Gasteiger partial charge in [-0.2, -0.15) is 0 Å². The van der Waals surface area contributed by atoms with Gasteiger partial charge >= 0.3 is 0 Å². The standard InChI is InChI=1S/C14H19BrN4O/c1-2-19-6-5-10(8-19)17-14(20)12-11(15)7-16-13(18-12)9-3-4-9/h7,9-10H,2-6,8H2,1H3,(H,17,20). The fourth-order valence-electron chi connectivity index (χ4n) is 2.57. The average molecular weight is 339 g/mol. The van der Waals surface area contributed by atoms with Gasteiger partial charge in [0.1, 0.15) is 11.5 Å². The molecule has 1 aliphatic heterocycles. The quantitative estimate of drug-likeness (QED) is 0.911. The van der Waals surface area contributed by atoms with Gasteiger partial charge in [-0.1, -0.05) is 6.92 Å². The first kappa shape index (κ1) is 13.9. The number of nitrogens with one attached hydrogen (secondary N) is 1. The van der Waals surface area contributed by atoms with E-state index in [4.69, 9.17) is 0 Å². The third-order valence-electron chi connectivity index (χ3n) is 3.98. The number of likely N-dealkylation sites (tertiary alicyclic amines) is 1. The molecule has 1 saturated heterocycles. The van der Waals surface area contributed by atoms with Crippen LogP contribution in [-0.4, -0.2) is 46.5 Å². The van der Waals surface area contributed by atoms with Gasteiger partial charge in [-0.25, -0.2) is 9.97 Å². The van der Waals surface area contributed by atoms with Gasteiger partial charge in [0.25, 0.3) is 5.91 Å². The van der Waals surface area contributed by atoms with Crippen molar-refractivity contribution in [2.45, 2.75) is 38.1 Å². The molecule has 108 valence electrons. The third kappa shape index (κ3) is 3.01. The molecule has 1 atom stereocenters. The zero-order chi connectivity index (χ0) is 14.1. The van der Waals surface area contributed by atoms with Crippen LogP contribution in [0.5, 0.6) is 0 Å². The Hall–Kier alpha value is -1.01.